The summed E-state index contributed by atoms with van der Waals surface area (Å²) in [5.74, 6) is -0.258. The number of fused-ring (bicyclic) bond motifs is 1. The zero-order valence-corrected chi connectivity index (χ0v) is 13.6. The molecule has 0 bridgehead atoms. The van der Waals surface area contributed by atoms with Gasteiger partial charge in [-0.25, -0.2) is 4.98 Å². The van der Waals surface area contributed by atoms with E-state index in [2.05, 4.69) is 15.3 Å². The molecule has 25 heavy (non-hydrogen) atoms. The summed E-state index contributed by atoms with van der Waals surface area (Å²) < 4.78 is 37.5. The van der Waals surface area contributed by atoms with Gasteiger partial charge in [0.05, 0.1) is 28.2 Å². The molecule has 0 saturated heterocycles. The van der Waals surface area contributed by atoms with E-state index in [4.69, 9.17) is 0 Å². The third kappa shape index (κ3) is 4.27. The van der Waals surface area contributed by atoms with E-state index in [-0.39, 0.29) is 11.7 Å². The fraction of sp³-hybridized carbons (Fsp3) is 0.118. The second-order valence-electron chi connectivity index (χ2n) is 5.13. The lowest BCUT2D eigenvalue weighted by molar-refractivity contribution is -0.137. The lowest BCUT2D eigenvalue weighted by Gasteiger charge is -2.08. The first-order valence-corrected chi connectivity index (χ1v) is 8.21. The number of nitrogens with one attached hydrogen (secondary N) is 1. The van der Waals surface area contributed by atoms with E-state index in [0.29, 0.717) is 10.7 Å². The van der Waals surface area contributed by atoms with Crippen molar-refractivity contribution < 1.29 is 18.0 Å². The van der Waals surface area contributed by atoms with Gasteiger partial charge in [-0.05, 0) is 12.1 Å². The van der Waals surface area contributed by atoms with Gasteiger partial charge >= 0.3 is 6.18 Å². The Morgan fingerprint density at radius 2 is 1.88 bits per heavy atom. The zero-order valence-electron chi connectivity index (χ0n) is 12.7. The van der Waals surface area contributed by atoms with Crippen LogP contribution in [0.1, 0.15) is 5.56 Å². The molecular weight excluding hydrogens is 351 g/mol. The predicted octanol–water partition coefficient (Wildman–Crippen LogP) is 4.38. The van der Waals surface area contributed by atoms with Crippen molar-refractivity contribution in [1.29, 1.82) is 0 Å². The quantitative estimate of drug-likeness (QED) is 0.699. The number of hydrogen-bond acceptors (Lipinski definition) is 4. The molecule has 128 valence electrons. The molecule has 1 aromatic carbocycles. The zero-order chi connectivity index (χ0) is 17.9. The van der Waals surface area contributed by atoms with Crippen LogP contribution >= 0.6 is 11.8 Å². The first kappa shape index (κ1) is 17.2. The largest absolute Gasteiger partial charge is 0.417 e. The molecule has 3 rings (SSSR count). The van der Waals surface area contributed by atoms with E-state index in [1.807, 2.05) is 24.3 Å². The third-order valence-corrected chi connectivity index (χ3v) is 4.30. The van der Waals surface area contributed by atoms with Gasteiger partial charge in [-0.1, -0.05) is 36.0 Å². The van der Waals surface area contributed by atoms with Crippen molar-refractivity contribution in [3.8, 4) is 0 Å². The summed E-state index contributed by atoms with van der Waals surface area (Å²) in [6, 6.07) is 9.69. The molecule has 0 fully saturated rings. The molecule has 0 radical (unpaired) electrons. The van der Waals surface area contributed by atoms with Crippen molar-refractivity contribution in [3.63, 3.8) is 0 Å². The van der Waals surface area contributed by atoms with E-state index in [0.717, 1.165) is 34.8 Å². The standard InChI is InChI=1S/C17H12F3N3OS/c18-17(19,20)12-5-6-16(22-8-12)25-10-15(24)23-14-9-21-7-11-3-1-2-4-13(11)14/h1-9H,10H2,(H,23,24). The Kier molecular flexibility index (Phi) is 4.89. The van der Waals surface area contributed by atoms with Crippen molar-refractivity contribution >= 4 is 34.1 Å². The topological polar surface area (TPSA) is 54.9 Å². The monoisotopic (exact) mass is 363 g/mol. The van der Waals surface area contributed by atoms with Crippen molar-refractivity contribution in [3.05, 3.63) is 60.6 Å². The number of pyridine rings is 2. The Bertz CT molecular complexity index is 892. The van der Waals surface area contributed by atoms with Gasteiger partial charge < -0.3 is 5.32 Å². The summed E-state index contributed by atoms with van der Waals surface area (Å²) in [6.45, 7) is 0. The summed E-state index contributed by atoms with van der Waals surface area (Å²) in [6.07, 6.45) is -0.406. The third-order valence-electron chi connectivity index (χ3n) is 3.36. The summed E-state index contributed by atoms with van der Waals surface area (Å²) in [5.41, 5.74) is -0.229. The molecule has 1 N–H and O–H groups in total. The number of alkyl halides is 3. The summed E-state index contributed by atoms with van der Waals surface area (Å²) in [4.78, 5) is 19.9. The van der Waals surface area contributed by atoms with Crippen molar-refractivity contribution in [2.45, 2.75) is 11.2 Å². The van der Waals surface area contributed by atoms with Crippen LogP contribution in [-0.4, -0.2) is 21.6 Å². The minimum atomic E-state index is -4.42. The maximum atomic E-state index is 12.5. The van der Waals surface area contributed by atoms with Crippen LogP contribution in [0.4, 0.5) is 18.9 Å². The molecule has 8 heteroatoms. The van der Waals surface area contributed by atoms with Gasteiger partial charge in [-0.2, -0.15) is 13.2 Å². The molecule has 0 unspecified atom stereocenters. The second-order valence-corrected chi connectivity index (χ2v) is 6.12. The lowest BCUT2D eigenvalue weighted by atomic mass is 10.1. The molecule has 1 amide bonds. The number of nitrogens with zero attached hydrogens (tertiary/aromatic N) is 2. The summed E-state index contributed by atoms with van der Waals surface area (Å²) >= 11 is 1.06. The highest BCUT2D eigenvalue weighted by molar-refractivity contribution is 7.99. The van der Waals surface area contributed by atoms with Crippen LogP contribution in [-0.2, 0) is 11.0 Å². The van der Waals surface area contributed by atoms with Gasteiger partial charge in [0, 0.05) is 23.2 Å². The normalized spacial score (nSPS) is 11.5. The van der Waals surface area contributed by atoms with Crippen LogP contribution < -0.4 is 5.32 Å². The SMILES string of the molecule is O=C(CSc1ccc(C(F)(F)F)cn1)Nc1cncc2ccccc12. The Labute approximate surface area is 145 Å². The van der Waals surface area contributed by atoms with Gasteiger partial charge in [0.15, 0.2) is 0 Å². The number of halogens is 3. The number of hydrogen-bond donors (Lipinski definition) is 1. The maximum absolute atomic E-state index is 12.5. The van der Waals surface area contributed by atoms with Crippen LogP contribution in [0, 0.1) is 0 Å². The molecule has 0 aliphatic heterocycles. The molecule has 0 atom stereocenters. The van der Waals surface area contributed by atoms with Gasteiger partial charge in [-0.3, -0.25) is 9.78 Å². The Hall–Kier alpha value is -2.61. The number of benzene rings is 1. The highest BCUT2D eigenvalue weighted by Gasteiger charge is 2.30. The Balaban J connectivity index is 1.63. The minimum absolute atomic E-state index is 0.0294. The molecule has 0 saturated carbocycles. The second kappa shape index (κ2) is 7.10. The first-order valence-electron chi connectivity index (χ1n) is 7.22. The number of rotatable bonds is 4. The fourth-order valence-electron chi connectivity index (χ4n) is 2.18. The average molecular weight is 363 g/mol. The molecule has 0 aliphatic rings. The van der Waals surface area contributed by atoms with E-state index < -0.39 is 11.7 Å². The van der Waals surface area contributed by atoms with Gasteiger partial charge in [0.25, 0.3) is 0 Å². The van der Waals surface area contributed by atoms with Crippen LogP contribution in [0.15, 0.2) is 60.0 Å². The molecule has 0 spiro atoms. The van der Waals surface area contributed by atoms with Crippen molar-refractivity contribution in [2.24, 2.45) is 0 Å². The number of anilines is 1. The number of aromatic nitrogens is 2. The van der Waals surface area contributed by atoms with Gasteiger partial charge in [0.2, 0.25) is 5.91 Å². The highest BCUT2D eigenvalue weighted by atomic mass is 32.2. The highest BCUT2D eigenvalue weighted by Crippen LogP contribution is 2.29. The number of carbonyl (C=O) groups excluding carboxylic acids is 1. The van der Waals surface area contributed by atoms with Crippen molar-refractivity contribution in [2.75, 3.05) is 11.1 Å². The first-order chi connectivity index (χ1) is 11.9. The fourth-order valence-corrected chi connectivity index (χ4v) is 2.82. The molecule has 2 aromatic heterocycles. The van der Waals surface area contributed by atoms with E-state index in [1.54, 1.807) is 12.4 Å². The molecule has 2 heterocycles. The summed E-state index contributed by atoms with van der Waals surface area (Å²) in [7, 11) is 0. The van der Waals surface area contributed by atoms with E-state index in [9.17, 15) is 18.0 Å². The molecule has 0 aliphatic carbocycles. The van der Waals surface area contributed by atoms with E-state index in [1.165, 1.54) is 6.07 Å². The molecule has 4 nitrogen and oxygen atoms in total. The van der Waals surface area contributed by atoms with Crippen LogP contribution in [0.25, 0.3) is 10.8 Å². The number of thioether (sulfide) groups is 1. The predicted molar refractivity (Wildman–Crippen MR) is 90.3 cm³/mol. The van der Waals surface area contributed by atoms with Crippen LogP contribution in [0.5, 0.6) is 0 Å². The number of carbonyl (C=O) groups is 1. The molecular formula is C17H12F3N3OS. The van der Waals surface area contributed by atoms with Gasteiger partial charge in [-0.15, -0.1) is 0 Å². The van der Waals surface area contributed by atoms with Crippen LogP contribution in [0.2, 0.25) is 0 Å². The lowest BCUT2D eigenvalue weighted by Crippen LogP contribution is -2.14. The Morgan fingerprint density at radius 1 is 1.08 bits per heavy atom. The van der Waals surface area contributed by atoms with E-state index >= 15 is 0 Å². The summed E-state index contributed by atoms with van der Waals surface area (Å²) in [5, 5.41) is 4.87. The van der Waals surface area contributed by atoms with Crippen LogP contribution in [0.3, 0.4) is 0 Å². The minimum Gasteiger partial charge on any atom is -0.323 e. The molecule has 3 aromatic rings. The Morgan fingerprint density at radius 3 is 2.60 bits per heavy atom. The number of amides is 1. The smallest absolute Gasteiger partial charge is 0.323 e. The van der Waals surface area contributed by atoms with Gasteiger partial charge in [0.1, 0.15) is 0 Å². The average Bonchev–Trinajstić information content (AvgIpc) is 2.60. The van der Waals surface area contributed by atoms with Crippen molar-refractivity contribution in [1.82, 2.24) is 9.97 Å². The maximum Gasteiger partial charge on any atom is 0.417 e.